The molecule has 6 heteroatoms. The Hall–Kier alpha value is -1.50. The van der Waals surface area contributed by atoms with Crippen molar-refractivity contribution in [3.63, 3.8) is 0 Å². The summed E-state index contributed by atoms with van der Waals surface area (Å²) >= 11 is 6.64. The van der Waals surface area contributed by atoms with Gasteiger partial charge in [0.1, 0.15) is 5.75 Å². The largest absolute Gasteiger partial charge is 0.294 e. The summed E-state index contributed by atoms with van der Waals surface area (Å²) in [6, 6.07) is 14.6. The number of rotatable bonds is 6. The number of carbonyl (C=O) groups is 1. The third-order valence-corrected chi connectivity index (χ3v) is 5.31. The fraction of sp³-hybridized carbons (Fsp3) is 0.0556. The lowest BCUT2D eigenvalue weighted by Gasteiger charge is -1.97. The second-order valence-corrected chi connectivity index (χ2v) is 8.73. The molecule has 2 aromatic rings. The topological polar surface area (TPSA) is 51.2 Å². The van der Waals surface area contributed by atoms with Crippen LogP contribution in [0.2, 0.25) is 0 Å². The Kier molecular flexibility index (Phi) is 6.71. The molecule has 0 radical (unpaired) electrons. The van der Waals surface area contributed by atoms with Gasteiger partial charge >= 0.3 is 0 Å². The molecule has 0 spiro atoms. The second-order valence-electron chi connectivity index (χ2n) is 5.01. The van der Waals surface area contributed by atoms with Gasteiger partial charge in [-0.15, -0.1) is 0 Å². The molecule has 0 fully saturated rings. The molecule has 24 heavy (non-hydrogen) atoms. The quantitative estimate of drug-likeness (QED) is 0.566. The fourth-order valence-corrected chi connectivity index (χ4v) is 3.30. The van der Waals surface area contributed by atoms with Gasteiger partial charge in [-0.1, -0.05) is 62.2 Å². The zero-order valence-corrected chi connectivity index (χ0v) is 16.5. The predicted octanol–water partition coefficient (Wildman–Crippen LogP) is 4.88. The maximum atomic E-state index is 12.0. The van der Waals surface area contributed by atoms with Crippen molar-refractivity contribution in [1.29, 1.82) is 0 Å². The number of ketones is 1. The van der Waals surface area contributed by atoms with Crippen LogP contribution in [0.3, 0.4) is 0 Å². The molecule has 0 aromatic heterocycles. The van der Waals surface area contributed by atoms with Crippen molar-refractivity contribution < 1.29 is 13.2 Å². The van der Waals surface area contributed by atoms with E-state index in [2.05, 4.69) is 31.9 Å². The third-order valence-electron chi connectivity index (χ3n) is 3.01. The lowest BCUT2D eigenvalue weighted by Crippen LogP contribution is -2.11. The minimum absolute atomic E-state index is 0.460. The minimum atomic E-state index is -3.60. The first kappa shape index (κ1) is 18.8. The number of hydrogen-bond acceptors (Lipinski definition) is 3. The smallest absolute Gasteiger partial charge is 0.179 e. The van der Waals surface area contributed by atoms with Crippen molar-refractivity contribution in [1.82, 2.24) is 0 Å². The zero-order valence-electron chi connectivity index (χ0n) is 12.5. The summed E-state index contributed by atoms with van der Waals surface area (Å²) in [4.78, 5) is 11.8. The van der Waals surface area contributed by atoms with Gasteiger partial charge in [-0.2, -0.15) is 0 Å². The highest BCUT2D eigenvalue weighted by molar-refractivity contribution is 9.10. The highest BCUT2D eigenvalue weighted by atomic mass is 79.9. The molecular weight excluding hydrogens is 456 g/mol. The highest BCUT2D eigenvalue weighted by Gasteiger charge is 2.11. The highest BCUT2D eigenvalue weighted by Crippen LogP contribution is 2.13. The van der Waals surface area contributed by atoms with Crippen molar-refractivity contribution in [3.05, 3.63) is 80.1 Å². The molecule has 0 saturated carbocycles. The van der Waals surface area contributed by atoms with Gasteiger partial charge in [0.2, 0.25) is 0 Å². The van der Waals surface area contributed by atoms with Gasteiger partial charge in [0.25, 0.3) is 0 Å². The lowest BCUT2D eigenvalue weighted by atomic mass is 10.2. The van der Waals surface area contributed by atoms with Crippen molar-refractivity contribution in [2.75, 3.05) is 5.75 Å². The molecule has 3 nitrogen and oxygen atoms in total. The fourth-order valence-electron chi connectivity index (χ4n) is 1.81. The van der Waals surface area contributed by atoms with E-state index in [0.717, 1.165) is 25.5 Å². The van der Waals surface area contributed by atoms with Gasteiger partial charge in [-0.05, 0) is 47.5 Å². The zero-order chi connectivity index (χ0) is 17.6. The number of carbonyl (C=O) groups excluding carboxylic acids is 1. The van der Waals surface area contributed by atoms with Crippen LogP contribution in [-0.2, 0) is 14.6 Å². The summed E-state index contributed by atoms with van der Waals surface area (Å²) in [6.45, 7) is 0. The first-order valence-electron chi connectivity index (χ1n) is 6.97. The van der Waals surface area contributed by atoms with Crippen LogP contribution in [0.5, 0.6) is 0 Å². The van der Waals surface area contributed by atoms with Crippen LogP contribution in [0.15, 0.2) is 69.0 Å². The average molecular weight is 470 g/mol. The monoisotopic (exact) mass is 468 g/mol. The molecule has 0 unspecified atom stereocenters. The first-order valence-corrected chi connectivity index (χ1v) is 10.3. The molecule has 0 aliphatic rings. The number of hydrogen-bond donors (Lipinski definition) is 0. The van der Waals surface area contributed by atoms with Gasteiger partial charge in [0, 0.05) is 14.4 Å². The van der Waals surface area contributed by atoms with Gasteiger partial charge in [-0.25, -0.2) is 8.42 Å². The summed E-state index contributed by atoms with van der Waals surface area (Å²) < 4.78 is 25.8. The molecule has 0 N–H and O–H groups in total. The lowest BCUT2D eigenvalue weighted by molar-refractivity contribution is -0.112. The van der Waals surface area contributed by atoms with E-state index in [1.54, 1.807) is 18.2 Å². The Morgan fingerprint density at radius 2 is 1.29 bits per heavy atom. The van der Waals surface area contributed by atoms with Crippen LogP contribution in [0.4, 0.5) is 0 Å². The van der Waals surface area contributed by atoms with Crippen molar-refractivity contribution in [2.45, 2.75) is 0 Å². The molecule has 0 aliphatic heterocycles. The van der Waals surface area contributed by atoms with Gasteiger partial charge in [0.05, 0.1) is 0 Å². The number of sulfone groups is 1. The average Bonchev–Trinajstić information content (AvgIpc) is 2.53. The molecular formula is C18H14Br2O3S. The predicted molar refractivity (Wildman–Crippen MR) is 105 cm³/mol. The molecule has 2 rings (SSSR count). The van der Waals surface area contributed by atoms with Crippen LogP contribution in [0.1, 0.15) is 11.1 Å². The van der Waals surface area contributed by atoms with Gasteiger partial charge < -0.3 is 0 Å². The van der Waals surface area contributed by atoms with Crippen molar-refractivity contribution in [3.8, 4) is 0 Å². The Balaban J connectivity index is 1.98. The van der Waals surface area contributed by atoms with E-state index in [1.807, 2.05) is 36.4 Å². The van der Waals surface area contributed by atoms with E-state index in [9.17, 15) is 13.2 Å². The van der Waals surface area contributed by atoms with E-state index in [0.29, 0.717) is 0 Å². The normalized spacial score (nSPS) is 12.1. The SMILES string of the molecule is O=C(/C=C/c1ccc(Br)cc1)CS(=O)(=O)C=Cc1ccc(Br)cc1. The maximum absolute atomic E-state index is 12.0. The molecule has 0 heterocycles. The van der Waals surface area contributed by atoms with Crippen molar-refractivity contribution >= 4 is 59.6 Å². The standard InChI is InChI=1S/C18H14Br2O3S/c19-16-6-1-14(2-7-16)5-10-18(21)13-24(22,23)12-11-15-3-8-17(20)9-4-15/h1-12H,13H2/b10-5+,12-11?. The van der Waals surface area contributed by atoms with E-state index >= 15 is 0 Å². The van der Waals surface area contributed by atoms with Crippen molar-refractivity contribution in [2.24, 2.45) is 0 Å². The van der Waals surface area contributed by atoms with Crippen LogP contribution in [-0.4, -0.2) is 20.0 Å². The van der Waals surface area contributed by atoms with Crippen LogP contribution in [0, 0.1) is 0 Å². The Morgan fingerprint density at radius 3 is 1.79 bits per heavy atom. The Bertz CT molecular complexity index is 865. The summed E-state index contributed by atoms with van der Waals surface area (Å²) in [5.41, 5.74) is 1.58. The van der Waals surface area contributed by atoms with Crippen LogP contribution in [0.25, 0.3) is 12.2 Å². The van der Waals surface area contributed by atoms with E-state index < -0.39 is 21.4 Å². The summed E-state index contributed by atoms with van der Waals surface area (Å²) in [7, 11) is -3.60. The van der Waals surface area contributed by atoms with Gasteiger partial charge in [0.15, 0.2) is 15.6 Å². The van der Waals surface area contributed by atoms with Crippen LogP contribution < -0.4 is 0 Å². The molecule has 0 atom stereocenters. The molecule has 124 valence electrons. The molecule has 0 saturated heterocycles. The van der Waals surface area contributed by atoms with Crippen LogP contribution >= 0.6 is 31.9 Å². The molecule has 2 aromatic carbocycles. The maximum Gasteiger partial charge on any atom is 0.179 e. The molecule has 0 amide bonds. The van der Waals surface area contributed by atoms with E-state index in [-0.39, 0.29) is 0 Å². The number of allylic oxidation sites excluding steroid dienone is 1. The Morgan fingerprint density at radius 1 is 0.833 bits per heavy atom. The molecule has 0 bridgehead atoms. The summed E-state index contributed by atoms with van der Waals surface area (Å²) in [5.74, 6) is -1.01. The Labute approximate surface area is 158 Å². The van der Waals surface area contributed by atoms with E-state index in [1.165, 1.54) is 12.2 Å². The molecule has 0 aliphatic carbocycles. The second kappa shape index (κ2) is 8.55. The first-order chi connectivity index (χ1) is 11.3. The third kappa shape index (κ3) is 6.55. The minimum Gasteiger partial charge on any atom is -0.294 e. The van der Waals surface area contributed by atoms with E-state index in [4.69, 9.17) is 0 Å². The summed E-state index contributed by atoms with van der Waals surface area (Å²) in [5, 5.41) is 1.07. The number of halogens is 2. The summed E-state index contributed by atoms with van der Waals surface area (Å²) in [6.07, 6.45) is 4.37. The van der Waals surface area contributed by atoms with Gasteiger partial charge in [-0.3, -0.25) is 4.79 Å². The number of benzene rings is 2.